The number of halogens is 1. The molecule has 0 amide bonds. The lowest BCUT2D eigenvalue weighted by molar-refractivity contribution is 0.0600. The van der Waals surface area contributed by atoms with E-state index in [2.05, 4.69) is 14.8 Å². The zero-order valence-corrected chi connectivity index (χ0v) is 14.0. The van der Waals surface area contributed by atoms with Gasteiger partial charge in [0.05, 0.1) is 18.4 Å². The average Bonchev–Trinajstić information content (AvgIpc) is 2.46. The summed E-state index contributed by atoms with van der Waals surface area (Å²) in [6, 6.07) is 6.48. The molecule has 1 aliphatic heterocycles. The molecule has 22 heavy (non-hydrogen) atoms. The normalized spacial score (nSPS) is 15.9. The van der Waals surface area contributed by atoms with Crippen molar-refractivity contribution in [3.05, 3.63) is 35.4 Å². The predicted molar refractivity (Wildman–Crippen MR) is 86.7 cm³/mol. The molecular weight excluding hydrogens is 328 g/mol. The number of esters is 1. The molecule has 8 heteroatoms. The monoisotopic (exact) mass is 348 g/mol. The van der Waals surface area contributed by atoms with Crippen LogP contribution in [0.5, 0.6) is 0 Å². The molecule has 0 spiro atoms. The summed E-state index contributed by atoms with van der Waals surface area (Å²) in [7, 11) is -2.12. The second-order valence-electron chi connectivity index (χ2n) is 5.09. The van der Waals surface area contributed by atoms with Crippen molar-refractivity contribution in [3.8, 4) is 0 Å². The maximum atomic E-state index is 12.2. The molecule has 0 aliphatic carbocycles. The highest BCUT2D eigenvalue weighted by Gasteiger charge is 2.20. The number of ether oxygens (including phenoxy) is 1. The van der Waals surface area contributed by atoms with E-state index in [4.69, 9.17) is 0 Å². The van der Waals surface area contributed by atoms with Gasteiger partial charge >= 0.3 is 5.97 Å². The van der Waals surface area contributed by atoms with Gasteiger partial charge in [-0.05, 0) is 43.6 Å². The minimum atomic E-state index is -3.41. The summed E-state index contributed by atoms with van der Waals surface area (Å²) in [6.07, 6.45) is 1.59. The van der Waals surface area contributed by atoms with Crippen LogP contribution in [0.3, 0.4) is 0 Å². The molecule has 0 unspecified atom stereocenters. The van der Waals surface area contributed by atoms with Gasteiger partial charge < -0.3 is 10.1 Å². The number of carbonyl (C=O) groups excluding carboxylic acids is 1. The topological polar surface area (TPSA) is 84.5 Å². The number of carbonyl (C=O) groups is 1. The molecule has 1 heterocycles. The Balaban J connectivity index is 0.00000242. The van der Waals surface area contributed by atoms with Crippen LogP contribution < -0.4 is 10.0 Å². The molecule has 0 atom stereocenters. The first-order valence-corrected chi connectivity index (χ1v) is 8.53. The largest absolute Gasteiger partial charge is 0.465 e. The summed E-state index contributed by atoms with van der Waals surface area (Å²) in [5, 5.41) is 3.19. The lowest BCUT2D eigenvalue weighted by atomic mass is 10.1. The van der Waals surface area contributed by atoms with Gasteiger partial charge in [-0.2, -0.15) is 0 Å². The Morgan fingerprint density at radius 3 is 2.68 bits per heavy atom. The lowest BCUT2D eigenvalue weighted by Crippen LogP contribution is -2.43. The third kappa shape index (κ3) is 5.57. The third-order valence-electron chi connectivity index (χ3n) is 3.39. The van der Waals surface area contributed by atoms with E-state index in [-0.39, 0.29) is 24.2 Å². The van der Waals surface area contributed by atoms with E-state index in [9.17, 15) is 13.2 Å². The molecule has 1 saturated heterocycles. The second kappa shape index (κ2) is 8.47. The highest BCUT2D eigenvalue weighted by Crippen LogP contribution is 2.11. The average molecular weight is 349 g/mol. The molecule has 0 saturated carbocycles. The number of benzene rings is 1. The highest BCUT2D eigenvalue weighted by atomic mass is 35.5. The van der Waals surface area contributed by atoms with Crippen LogP contribution in [-0.2, 0) is 20.5 Å². The van der Waals surface area contributed by atoms with Crippen molar-refractivity contribution in [1.29, 1.82) is 0 Å². The van der Waals surface area contributed by atoms with Gasteiger partial charge in [-0.3, -0.25) is 0 Å². The maximum Gasteiger partial charge on any atom is 0.337 e. The summed E-state index contributed by atoms with van der Waals surface area (Å²) in [4.78, 5) is 11.5. The van der Waals surface area contributed by atoms with E-state index >= 15 is 0 Å². The molecule has 0 bridgehead atoms. The van der Waals surface area contributed by atoms with Gasteiger partial charge in [0, 0.05) is 6.04 Å². The molecular formula is C14H21ClN2O4S. The molecule has 2 N–H and O–H groups in total. The number of hydrogen-bond acceptors (Lipinski definition) is 5. The first kappa shape index (κ1) is 18.9. The van der Waals surface area contributed by atoms with Crippen LogP contribution in [0.4, 0.5) is 0 Å². The fourth-order valence-electron chi connectivity index (χ4n) is 2.36. The number of methoxy groups -OCH3 is 1. The molecule has 0 aromatic heterocycles. The highest BCUT2D eigenvalue weighted by molar-refractivity contribution is 7.88. The molecule has 0 radical (unpaired) electrons. The number of piperidine rings is 1. The molecule has 124 valence electrons. The second-order valence-corrected chi connectivity index (χ2v) is 6.85. The van der Waals surface area contributed by atoms with E-state index in [0.717, 1.165) is 25.9 Å². The van der Waals surface area contributed by atoms with Gasteiger partial charge in [0.15, 0.2) is 0 Å². The van der Waals surface area contributed by atoms with Crippen molar-refractivity contribution in [2.24, 2.45) is 0 Å². The quantitative estimate of drug-likeness (QED) is 0.777. The molecule has 1 aromatic carbocycles. The molecule has 6 nitrogen and oxygen atoms in total. The summed E-state index contributed by atoms with van der Waals surface area (Å²) in [5.74, 6) is -0.609. The smallest absolute Gasteiger partial charge is 0.337 e. The maximum absolute atomic E-state index is 12.2. The third-order valence-corrected chi connectivity index (χ3v) is 4.80. The zero-order valence-electron chi connectivity index (χ0n) is 12.4. The van der Waals surface area contributed by atoms with Crippen molar-refractivity contribution in [3.63, 3.8) is 0 Å². The zero-order chi connectivity index (χ0) is 15.3. The van der Waals surface area contributed by atoms with Crippen molar-refractivity contribution in [2.45, 2.75) is 24.6 Å². The van der Waals surface area contributed by atoms with E-state index in [0.29, 0.717) is 11.1 Å². The van der Waals surface area contributed by atoms with E-state index < -0.39 is 16.0 Å². The number of sulfonamides is 1. The Kier molecular flexibility index (Phi) is 7.28. The van der Waals surface area contributed by atoms with Gasteiger partial charge in [0.2, 0.25) is 10.0 Å². The standard InChI is InChI=1S/C14H20N2O4S.ClH/c1-20-14(17)12-4-2-3-11(9-12)10-21(18,19)16-13-5-7-15-8-6-13;/h2-4,9,13,15-16H,5-8,10H2,1H3;1H. The number of hydrogen-bond donors (Lipinski definition) is 2. The van der Waals surface area contributed by atoms with Crippen LogP contribution in [0.1, 0.15) is 28.8 Å². The van der Waals surface area contributed by atoms with E-state index in [1.165, 1.54) is 7.11 Å². The van der Waals surface area contributed by atoms with Crippen LogP contribution >= 0.6 is 12.4 Å². The van der Waals surface area contributed by atoms with Crippen LogP contribution in [0.2, 0.25) is 0 Å². The SMILES string of the molecule is COC(=O)c1cccc(CS(=O)(=O)NC2CCNCC2)c1.Cl. The van der Waals surface area contributed by atoms with Gasteiger partial charge in [0.1, 0.15) is 0 Å². The van der Waals surface area contributed by atoms with E-state index in [1.807, 2.05) is 0 Å². The van der Waals surface area contributed by atoms with Gasteiger partial charge in [0.25, 0.3) is 0 Å². The van der Waals surface area contributed by atoms with Crippen molar-refractivity contribution in [1.82, 2.24) is 10.0 Å². The van der Waals surface area contributed by atoms with Gasteiger partial charge in [-0.15, -0.1) is 12.4 Å². The van der Waals surface area contributed by atoms with Crippen molar-refractivity contribution >= 4 is 28.4 Å². The predicted octanol–water partition coefficient (Wildman–Crippen LogP) is 1.07. The number of rotatable bonds is 5. The first-order valence-electron chi connectivity index (χ1n) is 6.88. The molecule has 2 rings (SSSR count). The number of nitrogens with one attached hydrogen (secondary N) is 2. The summed E-state index contributed by atoms with van der Waals surface area (Å²) < 4.78 is 31.7. The summed E-state index contributed by atoms with van der Waals surface area (Å²) in [5.41, 5.74) is 0.923. The fourth-order valence-corrected chi connectivity index (χ4v) is 3.81. The minimum absolute atomic E-state index is 0. The summed E-state index contributed by atoms with van der Waals surface area (Å²) in [6.45, 7) is 1.65. The van der Waals surface area contributed by atoms with Gasteiger partial charge in [-0.1, -0.05) is 12.1 Å². The molecule has 1 aromatic rings. The Morgan fingerprint density at radius 1 is 1.36 bits per heavy atom. The fraction of sp³-hybridized carbons (Fsp3) is 0.500. The molecule has 1 aliphatic rings. The van der Waals surface area contributed by atoms with Gasteiger partial charge in [-0.25, -0.2) is 17.9 Å². The minimum Gasteiger partial charge on any atom is -0.465 e. The van der Waals surface area contributed by atoms with E-state index in [1.54, 1.807) is 24.3 Å². The van der Waals surface area contributed by atoms with Crippen molar-refractivity contribution < 1.29 is 17.9 Å². The van der Waals surface area contributed by atoms with Crippen LogP contribution in [0, 0.1) is 0 Å². The summed E-state index contributed by atoms with van der Waals surface area (Å²) >= 11 is 0. The molecule has 1 fully saturated rings. The van der Waals surface area contributed by atoms with Crippen LogP contribution in [-0.4, -0.2) is 40.6 Å². The van der Waals surface area contributed by atoms with Crippen LogP contribution in [0.25, 0.3) is 0 Å². The van der Waals surface area contributed by atoms with Crippen molar-refractivity contribution in [2.75, 3.05) is 20.2 Å². The lowest BCUT2D eigenvalue weighted by Gasteiger charge is -2.23. The van der Waals surface area contributed by atoms with Crippen LogP contribution in [0.15, 0.2) is 24.3 Å². The Bertz CT molecular complexity index is 601. The Labute approximate surface area is 137 Å². The Morgan fingerprint density at radius 2 is 2.05 bits per heavy atom. The Hall–Kier alpha value is -1.15. The first-order chi connectivity index (χ1) is 10.00.